The van der Waals surface area contributed by atoms with Crippen molar-refractivity contribution in [1.82, 2.24) is 15.1 Å². The monoisotopic (exact) mass is 287 g/mol. The molecule has 2 aromatic rings. The van der Waals surface area contributed by atoms with Crippen molar-refractivity contribution in [2.45, 2.75) is 26.2 Å². The summed E-state index contributed by atoms with van der Waals surface area (Å²) < 4.78 is 4.89. The molecule has 0 aliphatic carbocycles. The van der Waals surface area contributed by atoms with Crippen LogP contribution in [0.15, 0.2) is 23.0 Å². The van der Waals surface area contributed by atoms with Gasteiger partial charge in [0.2, 0.25) is 0 Å². The molecular weight excluding hydrogens is 270 g/mol. The van der Waals surface area contributed by atoms with Gasteiger partial charge in [-0.15, -0.1) is 0 Å². The summed E-state index contributed by atoms with van der Waals surface area (Å²) >= 11 is 0. The second kappa shape index (κ2) is 5.90. The molecule has 21 heavy (non-hydrogen) atoms. The highest BCUT2D eigenvalue weighted by Crippen LogP contribution is 2.19. The van der Waals surface area contributed by atoms with Crippen LogP contribution in [0, 0.1) is 6.92 Å². The number of anilines is 2. The Balaban J connectivity index is 1.72. The van der Waals surface area contributed by atoms with Gasteiger partial charge in [-0.25, -0.2) is 9.97 Å². The fraction of sp³-hybridized carbons (Fsp3) is 0.429. The molecule has 1 fully saturated rings. The lowest BCUT2D eigenvalue weighted by atomic mass is 10.1. The number of hydrogen-bond acceptors (Lipinski definition) is 6. The van der Waals surface area contributed by atoms with E-state index in [-0.39, 0.29) is 11.6 Å². The second-order valence-corrected chi connectivity index (χ2v) is 5.09. The predicted molar refractivity (Wildman–Crippen MR) is 77.3 cm³/mol. The second-order valence-electron chi connectivity index (χ2n) is 5.09. The molecule has 7 heteroatoms. The van der Waals surface area contributed by atoms with Gasteiger partial charge in [-0.2, -0.15) is 0 Å². The van der Waals surface area contributed by atoms with Crippen LogP contribution in [0.25, 0.3) is 0 Å². The molecule has 1 amide bonds. The average molecular weight is 287 g/mol. The standard InChI is InChI=1S/C14H17N5O2/c1-10-7-11(18-21-10)14(20)17-12-8-13(16-9-15-12)19-5-3-2-4-6-19/h7-9H,2-6H2,1H3,(H,15,16,17,20). The van der Waals surface area contributed by atoms with Crippen molar-refractivity contribution in [3.8, 4) is 0 Å². The summed E-state index contributed by atoms with van der Waals surface area (Å²) in [6, 6.07) is 3.37. The summed E-state index contributed by atoms with van der Waals surface area (Å²) in [7, 11) is 0. The maximum absolute atomic E-state index is 12.0. The first-order chi connectivity index (χ1) is 10.2. The van der Waals surface area contributed by atoms with Crippen molar-refractivity contribution in [2.24, 2.45) is 0 Å². The van der Waals surface area contributed by atoms with E-state index in [2.05, 4.69) is 25.3 Å². The highest BCUT2D eigenvalue weighted by molar-refractivity contribution is 6.02. The fourth-order valence-corrected chi connectivity index (χ4v) is 2.37. The van der Waals surface area contributed by atoms with E-state index in [0.717, 1.165) is 18.9 Å². The van der Waals surface area contributed by atoms with Crippen molar-refractivity contribution in [1.29, 1.82) is 0 Å². The van der Waals surface area contributed by atoms with Crippen LogP contribution in [0.2, 0.25) is 0 Å². The maximum atomic E-state index is 12.0. The molecule has 2 aromatic heterocycles. The zero-order chi connectivity index (χ0) is 14.7. The van der Waals surface area contributed by atoms with Gasteiger partial charge in [-0.05, 0) is 26.2 Å². The van der Waals surface area contributed by atoms with Gasteiger partial charge in [-0.1, -0.05) is 5.16 Å². The smallest absolute Gasteiger partial charge is 0.279 e. The number of piperidine rings is 1. The van der Waals surface area contributed by atoms with E-state index in [1.54, 1.807) is 19.1 Å². The Morgan fingerprint density at radius 1 is 1.24 bits per heavy atom. The number of amides is 1. The lowest BCUT2D eigenvalue weighted by Gasteiger charge is -2.27. The van der Waals surface area contributed by atoms with E-state index >= 15 is 0 Å². The largest absolute Gasteiger partial charge is 0.361 e. The lowest BCUT2D eigenvalue weighted by molar-refractivity contribution is 0.101. The van der Waals surface area contributed by atoms with Gasteiger partial charge in [0.05, 0.1) is 0 Å². The quantitative estimate of drug-likeness (QED) is 0.929. The number of aryl methyl sites for hydroxylation is 1. The molecule has 3 rings (SSSR count). The zero-order valence-electron chi connectivity index (χ0n) is 11.9. The molecule has 0 radical (unpaired) electrons. The molecule has 110 valence electrons. The van der Waals surface area contributed by atoms with Gasteiger partial charge >= 0.3 is 0 Å². The third-order valence-electron chi connectivity index (χ3n) is 3.43. The predicted octanol–water partition coefficient (Wildman–Crippen LogP) is 2.02. The summed E-state index contributed by atoms with van der Waals surface area (Å²) in [5.74, 6) is 1.57. The van der Waals surface area contributed by atoms with Gasteiger partial charge in [0.15, 0.2) is 5.69 Å². The minimum Gasteiger partial charge on any atom is -0.361 e. The SMILES string of the molecule is Cc1cc(C(=O)Nc2cc(N3CCCCC3)ncn2)no1. The molecule has 0 bridgehead atoms. The van der Waals surface area contributed by atoms with Gasteiger partial charge < -0.3 is 14.7 Å². The normalized spacial score (nSPS) is 15.0. The third kappa shape index (κ3) is 3.18. The maximum Gasteiger partial charge on any atom is 0.279 e. The number of hydrogen-bond donors (Lipinski definition) is 1. The van der Waals surface area contributed by atoms with Gasteiger partial charge in [-0.3, -0.25) is 4.79 Å². The number of nitrogens with zero attached hydrogens (tertiary/aromatic N) is 4. The van der Waals surface area contributed by atoms with Crippen LogP contribution in [0.1, 0.15) is 35.5 Å². The molecule has 0 atom stereocenters. The van der Waals surface area contributed by atoms with Crippen LogP contribution in [-0.4, -0.2) is 34.1 Å². The van der Waals surface area contributed by atoms with Gasteiger partial charge in [0.1, 0.15) is 23.7 Å². The molecule has 1 saturated heterocycles. The van der Waals surface area contributed by atoms with E-state index in [1.165, 1.54) is 25.6 Å². The molecule has 1 aliphatic heterocycles. The molecule has 7 nitrogen and oxygen atoms in total. The van der Waals surface area contributed by atoms with Crippen molar-refractivity contribution in [2.75, 3.05) is 23.3 Å². The molecule has 0 saturated carbocycles. The van der Waals surface area contributed by atoms with Crippen LogP contribution in [0.3, 0.4) is 0 Å². The summed E-state index contributed by atoms with van der Waals surface area (Å²) in [6.45, 7) is 3.72. The minimum atomic E-state index is -0.338. The van der Waals surface area contributed by atoms with Gasteiger partial charge in [0.25, 0.3) is 5.91 Å². The molecule has 1 aliphatic rings. The van der Waals surface area contributed by atoms with E-state index in [9.17, 15) is 4.79 Å². The molecule has 1 N–H and O–H groups in total. The molecular formula is C14H17N5O2. The Morgan fingerprint density at radius 2 is 2.05 bits per heavy atom. The summed E-state index contributed by atoms with van der Waals surface area (Å²) in [5, 5.41) is 6.40. The summed E-state index contributed by atoms with van der Waals surface area (Å²) in [6.07, 6.45) is 5.07. The topological polar surface area (TPSA) is 84.2 Å². The first kappa shape index (κ1) is 13.5. The minimum absolute atomic E-state index is 0.241. The number of carbonyl (C=O) groups is 1. The Bertz CT molecular complexity index is 634. The first-order valence-electron chi connectivity index (χ1n) is 7.04. The molecule has 0 spiro atoms. The highest BCUT2D eigenvalue weighted by Gasteiger charge is 2.15. The van der Waals surface area contributed by atoms with E-state index in [4.69, 9.17) is 4.52 Å². The van der Waals surface area contributed by atoms with Crippen molar-refractivity contribution < 1.29 is 9.32 Å². The number of nitrogens with one attached hydrogen (secondary N) is 1. The van der Waals surface area contributed by atoms with Crippen LogP contribution in [0.4, 0.5) is 11.6 Å². The Hall–Kier alpha value is -2.44. The van der Waals surface area contributed by atoms with Crippen LogP contribution < -0.4 is 10.2 Å². The number of rotatable bonds is 3. The zero-order valence-corrected chi connectivity index (χ0v) is 11.9. The van der Waals surface area contributed by atoms with Crippen LogP contribution >= 0.6 is 0 Å². The Labute approximate surface area is 122 Å². The third-order valence-corrected chi connectivity index (χ3v) is 3.43. The van der Waals surface area contributed by atoms with Crippen LogP contribution in [0.5, 0.6) is 0 Å². The van der Waals surface area contributed by atoms with Crippen LogP contribution in [-0.2, 0) is 0 Å². The highest BCUT2D eigenvalue weighted by atomic mass is 16.5. The first-order valence-corrected chi connectivity index (χ1v) is 7.04. The Morgan fingerprint density at radius 3 is 2.76 bits per heavy atom. The van der Waals surface area contributed by atoms with Crippen molar-refractivity contribution >= 4 is 17.5 Å². The average Bonchev–Trinajstić information content (AvgIpc) is 2.95. The summed E-state index contributed by atoms with van der Waals surface area (Å²) in [5.41, 5.74) is 0.241. The number of carbonyl (C=O) groups excluding carboxylic acids is 1. The molecule has 3 heterocycles. The lowest BCUT2D eigenvalue weighted by Crippen LogP contribution is -2.30. The number of aromatic nitrogens is 3. The van der Waals surface area contributed by atoms with E-state index in [0.29, 0.717) is 11.6 Å². The van der Waals surface area contributed by atoms with Gasteiger partial charge in [0, 0.05) is 25.2 Å². The Kier molecular flexibility index (Phi) is 3.81. The molecule has 0 unspecified atom stereocenters. The van der Waals surface area contributed by atoms with Crippen molar-refractivity contribution in [3.63, 3.8) is 0 Å². The fourth-order valence-electron chi connectivity index (χ4n) is 2.37. The van der Waals surface area contributed by atoms with E-state index < -0.39 is 0 Å². The molecule has 0 aromatic carbocycles. The summed E-state index contributed by atoms with van der Waals surface area (Å²) in [4.78, 5) is 22.6. The van der Waals surface area contributed by atoms with Crippen molar-refractivity contribution in [3.05, 3.63) is 29.9 Å². The van der Waals surface area contributed by atoms with E-state index in [1.807, 2.05) is 0 Å².